The minimum atomic E-state index is 0.535. The van der Waals surface area contributed by atoms with Crippen LogP contribution in [0.2, 0.25) is 5.15 Å². The van der Waals surface area contributed by atoms with Crippen molar-refractivity contribution in [3.05, 3.63) is 45.8 Å². The lowest BCUT2D eigenvalue weighted by Gasteiger charge is -2.07. The molecule has 1 heterocycles. The third-order valence-electron chi connectivity index (χ3n) is 2.34. The molecule has 0 aliphatic heterocycles. The predicted octanol–water partition coefficient (Wildman–Crippen LogP) is 4.12. The van der Waals surface area contributed by atoms with Gasteiger partial charge in [-0.1, -0.05) is 46.6 Å². The molecule has 2 rings (SSSR count). The van der Waals surface area contributed by atoms with Gasteiger partial charge in [0.2, 0.25) is 0 Å². The van der Waals surface area contributed by atoms with Gasteiger partial charge in [0, 0.05) is 15.6 Å². The quantitative estimate of drug-likeness (QED) is 0.779. The summed E-state index contributed by atoms with van der Waals surface area (Å²) in [4.78, 5) is 8.31. The molecule has 16 heavy (non-hydrogen) atoms. The Bertz CT molecular complexity index is 514. The van der Waals surface area contributed by atoms with E-state index in [1.807, 2.05) is 31.2 Å². The van der Waals surface area contributed by atoms with E-state index < -0.39 is 0 Å². The molecule has 0 bridgehead atoms. The van der Waals surface area contributed by atoms with Crippen molar-refractivity contribution in [3.63, 3.8) is 0 Å². The van der Waals surface area contributed by atoms with Gasteiger partial charge in [0.05, 0.1) is 5.69 Å². The van der Waals surface area contributed by atoms with Crippen molar-refractivity contribution in [1.29, 1.82) is 0 Å². The number of halogens is 2. The number of hydrogen-bond acceptors (Lipinski definition) is 2. The normalized spacial score (nSPS) is 10.4. The second-order valence-electron chi connectivity index (χ2n) is 3.36. The molecule has 82 valence electrons. The first kappa shape index (κ1) is 11.6. The first-order valence-electron chi connectivity index (χ1n) is 4.97. The molecular formula is C12H10BrClN2. The molecule has 0 saturated carbocycles. The molecule has 2 aromatic rings. The van der Waals surface area contributed by atoms with Crippen LogP contribution in [-0.4, -0.2) is 9.97 Å². The maximum atomic E-state index is 6.06. The highest BCUT2D eigenvalue weighted by molar-refractivity contribution is 9.10. The van der Waals surface area contributed by atoms with Gasteiger partial charge in [0.15, 0.2) is 0 Å². The minimum Gasteiger partial charge on any atom is -0.236 e. The SMILES string of the molecule is CCc1c(Cl)ncnc1-c1cccc(Br)c1. The fourth-order valence-electron chi connectivity index (χ4n) is 1.59. The zero-order chi connectivity index (χ0) is 11.5. The van der Waals surface area contributed by atoms with Crippen LogP contribution in [0.3, 0.4) is 0 Å². The summed E-state index contributed by atoms with van der Waals surface area (Å²) in [6.45, 7) is 2.05. The summed E-state index contributed by atoms with van der Waals surface area (Å²) in [6.07, 6.45) is 2.32. The Kier molecular flexibility index (Phi) is 3.56. The number of aromatic nitrogens is 2. The zero-order valence-electron chi connectivity index (χ0n) is 8.74. The van der Waals surface area contributed by atoms with Crippen molar-refractivity contribution in [2.75, 3.05) is 0 Å². The van der Waals surface area contributed by atoms with Crippen LogP contribution < -0.4 is 0 Å². The average molecular weight is 298 g/mol. The highest BCUT2D eigenvalue weighted by Gasteiger charge is 2.09. The molecule has 0 aliphatic carbocycles. The molecular weight excluding hydrogens is 288 g/mol. The molecule has 1 aromatic carbocycles. The summed E-state index contributed by atoms with van der Waals surface area (Å²) in [5.41, 5.74) is 2.95. The van der Waals surface area contributed by atoms with Crippen molar-refractivity contribution in [1.82, 2.24) is 9.97 Å². The van der Waals surface area contributed by atoms with E-state index in [1.165, 1.54) is 6.33 Å². The molecule has 4 heteroatoms. The maximum Gasteiger partial charge on any atom is 0.136 e. The molecule has 1 aromatic heterocycles. The first-order chi connectivity index (χ1) is 7.72. The summed E-state index contributed by atoms with van der Waals surface area (Å²) in [5.74, 6) is 0. The highest BCUT2D eigenvalue weighted by Crippen LogP contribution is 2.27. The van der Waals surface area contributed by atoms with E-state index in [4.69, 9.17) is 11.6 Å². The number of nitrogens with zero attached hydrogens (tertiary/aromatic N) is 2. The van der Waals surface area contributed by atoms with E-state index in [0.29, 0.717) is 5.15 Å². The Balaban J connectivity index is 2.60. The van der Waals surface area contributed by atoms with Gasteiger partial charge in [-0.05, 0) is 18.6 Å². The number of benzene rings is 1. The molecule has 0 fully saturated rings. The van der Waals surface area contributed by atoms with Crippen LogP contribution in [0.1, 0.15) is 12.5 Å². The molecule has 0 amide bonds. The van der Waals surface area contributed by atoms with Crippen molar-refractivity contribution >= 4 is 27.5 Å². The molecule has 0 unspecified atom stereocenters. The molecule has 0 aliphatic rings. The lowest BCUT2D eigenvalue weighted by molar-refractivity contribution is 1.05. The Morgan fingerprint density at radius 2 is 2.12 bits per heavy atom. The number of rotatable bonds is 2. The molecule has 0 radical (unpaired) electrons. The highest BCUT2D eigenvalue weighted by atomic mass is 79.9. The van der Waals surface area contributed by atoms with Crippen molar-refractivity contribution in [3.8, 4) is 11.3 Å². The van der Waals surface area contributed by atoms with Crippen LogP contribution >= 0.6 is 27.5 Å². The summed E-state index contributed by atoms with van der Waals surface area (Å²) in [5, 5.41) is 0.535. The van der Waals surface area contributed by atoms with Crippen LogP contribution in [0.15, 0.2) is 35.1 Å². The predicted molar refractivity (Wildman–Crippen MR) is 69.6 cm³/mol. The third-order valence-corrected chi connectivity index (χ3v) is 3.16. The van der Waals surface area contributed by atoms with Crippen LogP contribution in [-0.2, 0) is 6.42 Å². The molecule has 0 spiro atoms. The van der Waals surface area contributed by atoms with E-state index >= 15 is 0 Å². The standard InChI is InChI=1S/C12H10BrClN2/c1-2-10-11(15-7-16-12(10)14)8-4-3-5-9(13)6-8/h3-7H,2H2,1H3. The fraction of sp³-hybridized carbons (Fsp3) is 0.167. The van der Waals surface area contributed by atoms with Gasteiger partial charge in [-0.3, -0.25) is 0 Å². The Morgan fingerprint density at radius 1 is 1.31 bits per heavy atom. The topological polar surface area (TPSA) is 25.8 Å². The van der Waals surface area contributed by atoms with Gasteiger partial charge in [0.1, 0.15) is 11.5 Å². The largest absolute Gasteiger partial charge is 0.236 e. The maximum absolute atomic E-state index is 6.06. The average Bonchev–Trinajstić information content (AvgIpc) is 2.28. The summed E-state index contributed by atoms with van der Waals surface area (Å²) in [6, 6.07) is 8.01. The van der Waals surface area contributed by atoms with Crippen LogP contribution in [0.5, 0.6) is 0 Å². The monoisotopic (exact) mass is 296 g/mol. The summed E-state index contributed by atoms with van der Waals surface area (Å²) in [7, 11) is 0. The first-order valence-corrected chi connectivity index (χ1v) is 6.14. The van der Waals surface area contributed by atoms with E-state index in [2.05, 4.69) is 25.9 Å². The van der Waals surface area contributed by atoms with Crippen molar-refractivity contribution in [2.45, 2.75) is 13.3 Å². The third kappa shape index (κ3) is 2.25. The minimum absolute atomic E-state index is 0.535. The lowest BCUT2D eigenvalue weighted by atomic mass is 10.1. The lowest BCUT2D eigenvalue weighted by Crippen LogP contribution is -1.95. The molecule has 0 saturated heterocycles. The Labute approximate surface area is 108 Å². The van der Waals surface area contributed by atoms with Crippen molar-refractivity contribution in [2.24, 2.45) is 0 Å². The van der Waals surface area contributed by atoms with Gasteiger partial charge < -0.3 is 0 Å². The van der Waals surface area contributed by atoms with Gasteiger partial charge in [-0.25, -0.2) is 9.97 Å². The van der Waals surface area contributed by atoms with E-state index in [-0.39, 0.29) is 0 Å². The van der Waals surface area contributed by atoms with Crippen molar-refractivity contribution < 1.29 is 0 Å². The number of hydrogen-bond donors (Lipinski definition) is 0. The summed E-state index contributed by atoms with van der Waals surface area (Å²) >= 11 is 9.50. The van der Waals surface area contributed by atoms with E-state index in [0.717, 1.165) is 27.7 Å². The smallest absolute Gasteiger partial charge is 0.136 e. The van der Waals surface area contributed by atoms with Crippen LogP contribution in [0.4, 0.5) is 0 Å². The Morgan fingerprint density at radius 3 is 2.81 bits per heavy atom. The molecule has 0 N–H and O–H groups in total. The second kappa shape index (κ2) is 4.93. The Hall–Kier alpha value is -0.930. The zero-order valence-corrected chi connectivity index (χ0v) is 11.1. The van der Waals surface area contributed by atoms with Gasteiger partial charge in [-0.15, -0.1) is 0 Å². The summed E-state index contributed by atoms with van der Waals surface area (Å²) < 4.78 is 1.03. The molecule has 0 atom stereocenters. The van der Waals surface area contributed by atoms with Crippen LogP contribution in [0.25, 0.3) is 11.3 Å². The fourth-order valence-corrected chi connectivity index (χ4v) is 2.25. The van der Waals surface area contributed by atoms with E-state index in [9.17, 15) is 0 Å². The van der Waals surface area contributed by atoms with Crippen LogP contribution in [0, 0.1) is 0 Å². The molecule has 2 nitrogen and oxygen atoms in total. The van der Waals surface area contributed by atoms with E-state index in [1.54, 1.807) is 0 Å². The van der Waals surface area contributed by atoms with Gasteiger partial charge in [0.25, 0.3) is 0 Å². The van der Waals surface area contributed by atoms with Gasteiger partial charge in [-0.2, -0.15) is 0 Å². The van der Waals surface area contributed by atoms with Gasteiger partial charge >= 0.3 is 0 Å². The second-order valence-corrected chi connectivity index (χ2v) is 4.63.